The second-order valence-electron chi connectivity index (χ2n) is 6.32. The summed E-state index contributed by atoms with van der Waals surface area (Å²) in [5.41, 5.74) is 1.00. The number of rotatable bonds is 3. The molecule has 0 fully saturated rings. The summed E-state index contributed by atoms with van der Waals surface area (Å²) in [6.45, 7) is 3.94. The Morgan fingerprint density at radius 3 is 2.82 bits per heavy atom. The van der Waals surface area contributed by atoms with Crippen molar-refractivity contribution in [2.45, 2.75) is 25.5 Å². The number of nitrogens with one attached hydrogen (secondary N) is 2. The zero-order chi connectivity index (χ0) is 19.8. The molecular formula is C19H17BrN6O2. The minimum absolute atomic E-state index is 0.0205. The number of aromatic nitrogens is 4. The van der Waals surface area contributed by atoms with E-state index >= 15 is 0 Å². The lowest BCUT2D eigenvalue weighted by atomic mass is 10.2. The predicted molar refractivity (Wildman–Crippen MR) is 112 cm³/mol. The van der Waals surface area contributed by atoms with E-state index in [0.717, 1.165) is 21.2 Å². The van der Waals surface area contributed by atoms with Crippen molar-refractivity contribution in [1.82, 2.24) is 19.5 Å². The van der Waals surface area contributed by atoms with Crippen LogP contribution in [0.15, 0.2) is 33.9 Å². The molecule has 1 aromatic carbocycles. The van der Waals surface area contributed by atoms with Crippen molar-refractivity contribution in [2.24, 2.45) is 0 Å². The number of fused-ring (bicyclic) bond motifs is 2. The van der Waals surface area contributed by atoms with Gasteiger partial charge in [0.05, 0.1) is 18.6 Å². The van der Waals surface area contributed by atoms with Gasteiger partial charge in [0.15, 0.2) is 5.08 Å². The van der Waals surface area contributed by atoms with E-state index in [1.165, 1.54) is 0 Å². The molecule has 1 aliphatic rings. The first-order valence-corrected chi connectivity index (χ1v) is 9.57. The largest absolute Gasteiger partial charge is 0.341 e. The highest BCUT2D eigenvalue weighted by Crippen LogP contribution is 2.30. The van der Waals surface area contributed by atoms with Gasteiger partial charge in [-0.15, -0.1) is 5.92 Å². The summed E-state index contributed by atoms with van der Waals surface area (Å²) in [6, 6.07) is 7.64. The van der Waals surface area contributed by atoms with Crippen molar-refractivity contribution in [3.63, 3.8) is 0 Å². The van der Waals surface area contributed by atoms with Crippen LogP contribution in [0.2, 0.25) is 0 Å². The normalized spacial score (nSPS) is 15.1. The van der Waals surface area contributed by atoms with Gasteiger partial charge in [-0.1, -0.05) is 24.1 Å². The summed E-state index contributed by atoms with van der Waals surface area (Å²) in [5.74, 6) is 6.54. The lowest BCUT2D eigenvalue weighted by molar-refractivity contribution is 0.670. The van der Waals surface area contributed by atoms with Crippen molar-refractivity contribution in [1.29, 1.82) is 0 Å². The Hall–Kier alpha value is -3.12. The van der Waals surface area contributed by atoms with Crippen LogP contribution in [0.1, 0.15) is 18.4 Å². The Bertz CT molecular complexity index is 1250. The molecule has 0 saturated carbocycles. The molecule has 142 valence electrons. The number of anilines is 2. The third-order valence-electron chi connectivity index (χ3n) is 4.55. The highest BCUT2D eigenvalue weighted by molar-refractivity contribution is 9.09. The van der Waals surface area contributed by atoms with Gasteiger partial charge in [-0.25, -0.2) is 14.8 Å². The Kier molecular flexibility index (Phi) is 4.65. The van der Waals surface area contributed by atoms with Crippen LogP contribution in [0.4, 0.5) is 11.5 Å². The number of aryl methyl sites for hydroxylation is 1. The third-order valence-corrected chi connectivity index (χ3v) is 5.27. The van der Waals surface area contributed by atoms with E-state index < -0.39 is 11.2 Å². The molecule has 8 nitrogen and oxygen atoms in total. The van der Waals surface area contributed by atoms with Gasteiger partial charge in [-0.2, -0.15) is 0 Å². The minimum atomic E-state index is -0.520. The van der Waals surface area contributed by atoms with Crippen LogP contribution in [0, 0.1) is 18.8 Å². The molecular weight excluding hydrogens is 424 g/mol. The fraction of sp³-hybridized carbons (Fsp3) is 0.263. The lowest BCUT2D eigenvalue weighted by Crippen LogP contribution is -2.39. The average molecular weight is 441 g/mol. The molecule has 0 amide bonds. The maximum Gasteiger partial charge on any atom is 0.330 e. The molecule has 1 atom stereocenters. The lowest BCUT2D eigenvalue weighted by Gasteiger charge is -2.18. The first kappa shape index (κ1) is 18.3. The molecule has 0 spiro atoms. The molecule has 0 saturated heterocycles. The third kappa shape index (κ3) is 3.05. The predicted octanol–water partition coefficient (Wildman–Crippen LogP) is 1.77. The second-order valence-corrected chi connectivity index (χ2v) is 7.19. The van der Waals surface area contributed by atoms with Crippen LogP contribution >= 0.6 is 15.9 Å². The molecule has 0 radical (unpaired) electrons. The Labute approximate surface area is 168 Å². The van der Waals surface area contributed by atoms with Crippen LogP contribution in [0.5, 0.6) is 0 Å². The van der Waals surface area contributed by atoms with Crippen molar-refractivity contribution in [2.75, 3.05) is 16.8 Å². The Morgan fingerprint density at radius 1 is 1.25 bits per heavy atom. The van der Waals surface area contributed by atoms with E-state index in [4.69, 9.17) is 0 Å². The maximum absolute atomic E-state index is 13.1. The molecule has 3 heterocycles. The minimum Gasteiger partial charge on any atom is -0.341 e. The van der Waals surface area contributed by atoms with Crippen LogP contribution in [0.3, 0.4) is 0 Å². The van der Waals surface area contributed by atoms with E-state index in [1.807, 2.05) is 31.2 Å². The number of hydrogen-bond acceptors (Lipinski definition) is 6. The van der Waals surface area contributed by atoms with Gasteiger partial charge in [0, 0.05) is 11.1 Å². The van der Waals surface area contributed by atoms with E-state index in [-0.39, 0.29) is 11.6 Å². The SMILES string of the molecule is CC#CCN1c2c([nH]c(=O)n(Cc3nc(C)c4ccccc4n3)c2=O)NC1Br. The Morgan fingerprint density at radius 2 is 2.04 bits per heavy atom. The van der Waals surface area contributed by atoms with Crippen molar-refractivity contribution in [3.8, 4) is 11.8 Å². The number of halogens is 1. The van der Waals surface area contributed by atoms with Crippen molar-refractivity contribution in [3.05, 3.63) is 56.6 Å². The highest BCUT2D eigenvalue weighted by Gasteiger charge is 2.31. The number of hydrogen-bond donors (Lipinski definition) is 2. The summed E-state index contributed by atoms with van der Waals surface area (Å²) in [4.78, 5) is 39.1. The van der Waals surface area contributed by atoms with Gasteiger partial charge < -0.3 is 10.2 Å². The Balaban J connectivity index is 1.80. The van der Waals surface area contributed by atoms with Gasteiger partial charge in [-0.3, -0.25) is 14.3 Å². The highest BCUT2D eigenvalue weighted by atomic mass is 79.9. The maximum atomic E-state index is 13.1. The van der Waals surface area contributed by atoms with Gasteiger partial charge >= 0.3 is 5.69 Å². The zero-order valence-corrected chi connectivity index (χ0v) is 16.9. The van der Waals surface area contributed by atoms with Crippen molar-refractivity contribution >= 4 is 38.3 Å². The summed E-state index contributed by atoms with van der Waals surface area (Å²) < 4.78 is 1.11. The van der Waals surface area contributed by atoms with Crippen LogP contribution in [-0.4, -0.2) is 31.1 Å². The molecule has 28 heavy (non-hydrogen) atoms. The molecule has 2 aromatic heterocycles. The number of para-hydroxylation sites is 1. The van der Waals surface area contributed by atoms with E-state index in [0.29, 0.717) is 23.9 Å². The second kappa shape index (κ2) is 7.13. The van der Waals surface area contributed by atoms with Crippen molar-refractivity contribution < 1.29 is 0 Å². The fourth-order valence-corrected chi connectivity index (χ4v) is 3.79. The molecule has 2 N–H and O–H groups in total. The molecule has 1 unspecified atom stereocenters. The monoisotopic (exact) mass is 440 g/mol. The molecule has 0 aliphatic carbocycles. The zero-order valence-electron chi connectivity index (χ0n) is 15.3. The smallest absolute Gasteiger partial charge is 0.330 e. The quantitative estimate of drug-likeness (QED) is 0.366. The number of aromatic amines is 1. The van der Waals surface area contributed by atoms with Crippen LogP contribution < -0.4 is 21.5 Å². The first-order valence-electron chi connectivity index (χ1n) is 8.66. The van der Waals surface area contributed by atoms with Gasteiger partial charge in [-0.05, 0) is 35.8 Å². The standard InChI is InChI=1S/C19H17BrN6O2/c1-3-4-9-25-15-16(23-18(25)20)24-19(28)26(17(15)27)10-14-21-11(2)12-7-5-6-8-13(12)22-14/h5-8,18,23H,9-10H2,1-2H3,(H,24,28). The van der Waals surface area contributed by atoms with E-state index in [9.17, 15) is 9.59 Å². The van der Waals surface area contributed by atoms with Gasteiger partial charge in [0.2, 0.25) is 0 Å². The van der Waals surface area contributed by atoms with Crippen LogP contribution in [-0.2, 0) is 6.54 Å². The number of benzene rings is 1. The first-order chi connectivity index (χ1) is 13.5. The fourth-order valence-electron chi connectivity index (χ4n) is 3.22. The topological polar surface area (TPSA) is 95.9 Å². The number of nitrogens with zero attached hydrogens (tertiary/aromatic N) is 4. The summed E-state index contributed by atoms with van der Waals surface area (Å²) >= 11 is 3.45. The van der Waals surface area contributed by atoms with E-state index in [2.05, 4.69) is 48.0 Å². The van der Waals surface area contributed by atoms with Gasteiger partial charge in [0.1, 0.15) is 17.3 Å². The molecule has 3 aromatic rings. The molecule has 0 bridgehead atoms. The molecule has 9 heteroatoms. The summed E-state index contributed by atoms with van der Waals surface area (Å²) in [5, 5.41) is 3.65. The summed E-state index contributed by atoms with van der Waals surface area (Å²) in [7, 11) is 0. The van der Waals surface area contributed by atoms with E-state index in [1.54, 1.807) is 11.8 Å². The average Bonchev–Trinajstić information content (AvgIpc) is 2.98. The molecule has 4 rings (SSSR count). The number of H-pyrrole nitrogens is 1. The van der Waals surface area contributed by atoms with Gasteiger partial charge in [0.25, 0.3) is 5.56 Å². The van der Waals surface area contributed by atoms with Crippen LogP contribution in [0.25, 0.3) is 10.9 Å². The molecule has 1 aliphatic heterocycles. The summed E-state index contributed by atoms with van der Waals surface area (Å²) in [6.07, 6.45) is 0. The number of alkyl halides is 1.